The lowest BCUT2D eigenvalue weighted by Gasteiger charge is -2.12. The van der Waals surface area contributed by atoms with E-state index >= 15 is 0 Å². The molecule has 0 aliphatic carbocycles. The number of nitrogens with zero attached hydrogens (tertiary/aromatic N) is 1. The Morgan fingerprint density at radius 1 is 1.15 bits per heavy atom. The van der Waals surface area contributed by atoms with Crippen molar-refractivity contribution in [2.45, 2.75) is 26.7 Å². The number of methoxy groups -OCH3 is 1. The maximum atomic E-state index is 12.5. The molecule has 2 amide bonds. The maximum Gasteiger partial charge on any atom is 0.257 e. The Morgan fingerprint density at radius 2 is 1.85 bits per heavy atom. The molecular formula is C19H22ClN3O3. The van der Waals surface area contributed by atoms with Gasteiger partial charge < -0.3 is 15.4 Å². The van der Waals surface area contributed by atoms with Gasteiger partial charge in [-0.1, -0.05) is 24.9 Å². The van der Waals surface area contributed by atoms with Crippen molar-refractivity contribution in [1.29, 1.82) is 0 Å². The van der Waals surface area contributed by atoms with Crippen molar-refractivity contribution in [3.05, 3.63) is 52.3 Å². The van der Waals surface area contributed by atoms with E-state index in [1.165, 1.54) is 25.6 Å². The van der Waals surface area contributed by atoms with Crippen molar-refractivity contribution in [2.24, 2.45) is 0 Å². The normalized spacial score (nSPS) is 10.3. The summed E-state index contributed by atoms with van der Waals surface area (Å²) in [6.07, 6.45) is 4.73. The van der Waals surface area contributed by atoms with Gasteiger partial charge in [0.25, 0.3) is 11.8 Å². The number of amides is 2. The number of rotatable bonds is 7. The molecule has 138 valence electrons. The summed E-state index contributed by atoms with van der Waals surface area (Å²) < 4.78 is 5.26. The van der Waals surface area contributed by atoms with Crippen molar-refractivity contribution in [3.8, 4) is 5.75 Å². The zero-order chi connectivity index (χ0) is 19.1. The molecule has 0 radical (unpaired) electrons. The summed E-state index contributed by atoms with van der Waals surface area (Å²) in [5.41, 5.74) is 1.93. The van der Waals surface area contributed by atoms with Gasteiger partial charge in [0.2, 0.25) is 0 Å². The number of hydrogen-bond acceptors (Lipinski definition) is 4. The van der Waals surface area contributed by atoms with Crippen LogP contribution < -0.4 is 15.4 Å². The van der Waals surface area contributed by atoms with Crippen molar-refractivity contribution in [2.75, 3.05) is 19.0 Å². The Kier molecular flexibility index (Phi) is 6.97. The second-order valence-corrected chi connectivity index (χ2v) is 6.23. The Morgan fingerprint density at radius 3 is 2.50 bits per heavy atom. The molecular weight excluding hydrogens is 354 g/mol. The number of halogens is 1. The number of aromatic nitrogens is 1. The van der Waals surface area contributed by atoms with Gasteiger partial charge in [-0.15, -0.1) is 0 Å². The van der Waals surface area contributed by atoms with Crippen LogP contribution in [-0.4, -0.2) is 30.5 Å². The first-order chi connectivity index (χ1) is 12.5. The predicted molar refractivity (Wildman–Crippen MR) is 102 cm³/mol. The van der Waals surface area contributed by atoms with Crippen LogP contribution in [0.3, 0.4) is 0 Å². The zero-order valence-electron chi connectivity index (χ0n) is 15.1. The van der Waals surface area contributed by atoms with Gasteiger partial charge in [0.05, 0.1) is 23.9 Å². The van der Waals surface area contributed by atoms with Gasteiger partial charge >= 0.3 is 0 Å². The SMILES string of the molecule is CCCCNC(=O)c1cncc(C(=O)Nc2cc(C)c(Cl)cc2OC)c1. The number of carbonyl (C=O) groups excluding carboxylic acids is 2. The molecule has 6 nitrogen and oxygen atoms in total. The number of pyridine rings is 1. The molecule has 1 aromatic carbocycles. The average Bonchev–Trinajstić information content (AvgIpc) is 2.64. The highest BCUT2D eigenvalue weighted by Crippen LogP contribution is 2.31. The fourth-order valence-corrected chi connectivity index (χ4v) is 2.45. The van der Waals surface area contributed by atoms with Gasteiger partial charge in [-0.2, -0.15) is 0 Å². The highest BCUT2D eigenvalue weighted by atomic mass is 35.5. The molecule has 0 aliphatic heterocycles. The molecule has 1 heterocycles. The van der Waals surface area contributed by atoms with Gasteiger partial charge in [0, 0.05) is 30.0 Å². The van der Waals surface area contributed by atoms with Crippen molar-refractivity contribution < 1.29 is 14.3 Å². The van der Waals surface area contributed by atoms with Gasteiger partial charge in [0.15, 0.2) is 0 Å². The van der Waals surface area contributed by atoms with Gasteiger partial charge in [-0.25, -0.2) is 0 Å². The number of hydrogen-bond donors (Lipinski definition) is 2. The molecule has 1 aromatic heterocycles. The largest absolute Gasteiger partial charge is 0.495 e. The fraction of sp³-hybridized carbons (Fsp3) is 0.316. The molecule has 0 saturated carbocycles. The lowest BCUT2D eigenvalue weighted by atomic mass is 10.1. The minimum atomic E-state index is -0.388. The number of nitrogens with one attached hydrogen (secondary N) is 2. The van der Waals surface area contributed by atoms with Crippen LogP contribution in [-0.2, 0) is 0 Å². The standard InChI is InChI=1S/C19H22ClN3O3/c1-4-5-6-22-18(24)13-8-14(11-21-10-13)19(25)23-16-7-12(2)15(20)9-17(16)26-3/h7-11H,4-6H2,1-3H3,(H,22,24)(H,23,25). The molecule has 2 aromatic rings. The molecule has 0 unspecified atom stereocenters. The number of aryl methyl sites for hydroxylation is 1. The summed E-state index contributed by atoms with van der Waals surface area (Å²) in [4.78, 5) is 28.7. The van der Waals surface area contributed by atoms with E-state index < -0.39 is 0 Å². The smallest absolute Gasteiger partial charge is 0.257 e. The Bertz CT molecular complexity index is 809. The topological polar surface area (TPSA) is 80.3 Å². The molecule has 26 heavy (non-hydrogen) atoms. The third kappa shape index (κ3) is 4.95. The number of ether oxygens (including phenoxy) is 1. The zero-order valence-corrected chi connectivity index (χ0v) is 15.8. The van der Waals surface area contributed by atoms with Crippen LogP contribution in [0.1, 0.15) is 46.0 Å². The molecule has 2 rings (SSSR count). The summed E-state index contributed by atoms with van der Waals surface area (Å²) in [5, 5.41) is 6.12. The summed E-state index contributed by atoms with van der Waals surface area (Å²) in [5.74, 6) is -0.184. The van der Waals surface area contributed by atoms with Crippen LogP contribution in [0.25, 0.3) is 0 Å². The monoisotopic (exact) mass is 375 g/mol. The van der Waals surface area contributed by atoms with E-state index in [0.29, 0.717) is 28.6 Å². The maximum absolute atomic E-state index is 12.5. The summed E-state index contributed by atoms with van der Waals surface area (Å²) in [6.45, 7) is 4.47. The van der Waals surface area contributed by atoms with Crippen LogP contribution in [0.5, 0.6) is 5.75 Å². The number of anilines is 1. The van der Waals surface area contributed by atoms with Crippen LogP contribution in [0, 0.1) is 6.92 Å². The summed E-state index contributed by atoms with van der Waals surface area (Å²) in [7, 11) is 1.50. The first-order valence-electron chi connectivity index (χ1n) is 8.35. The van der Waals surface area contributed by atoms with E-state index in [2.05, 4.69) is 15.6 Å². The Hall–Kier alpha value is -2.60. The minimum absolute atomic E-state index is 0.250. The van der Waals surface area contributed by atoms with E-state index in [1.807, 2.05) is 13.8 Å². The molecule has 0 saturated heterocycles. The van der Waals surface area contributed by atoms with E-state index in [-0.39, 0.29) is 17.4 Å². The lowest BCUT2D eigenvalue weighted by molar-refractivity contribution is 0.0953. The van der Waals surface area contributed by atoms with E-state index in [4.69, 9.17) is 16.3 Å². The van der Waals surface area contributed by atoms with Gasteiger partial charge in [0.1, 0.15) is 5.75 Å². The molecule has 0 atom stereocenters. The lowest BCUT2D eigenvalue weighted by Crippen LogP contribution is -2.25. The van der Waals surface area contributed by atoms with Crippen molar-refractivity contribution >= 4 is 29.1 Å². The van der Waals surface area contributed by atoms with E-state index in [9.17, 15) is 9.59 Å². The van der Waals surface area contributed by atoms with Crippen LogP contribution >= 0.6 is 11.6 Å². The molecule has 0 aliphatic rings. The van der Waals surface area contributed by atoms with Gasteiger partial charge in [-0.3, -0.25) is 14.6 Å². The van der Waals surface area contributed by atoms with Gasteiger partial charge in [-0.05, 0) is 31.0 Å². The summed E-state index contributed by atoms with van der Waals surface area (Å²) >= 11 is 6.08. The number of carbonyl (C=O) groups is 2. The quantitative estimate of drug-likeness (QED) is 0.720. The first-order valence-corrected chi connectivity index (χ1v) is 8.72. The van der Waals surface area contributed by atoms with Crippen LogP contribution in [0.4, 0.5) is 5.69 Å². The van der Waals surface area contributed by atoms with Crippen LogP contribution in [0.2, 0.25) is 5.02 Å². The van der Waals surface area contributed by atoms with Crippen molar-refractivity contribution in [3.63, 3.8) is 0 Å². The molecule has 0 spiro atoms. The second-order valence-electron chi connectivity index (χ2n) is 5.83. The minimum Gasteiger partial charge on any atom is -0.495 e. The third-order valence-corrected chi connectivity index (χ3v) is 4.21. The molecule has 2 N–H and O–H groups in total. The highest BCUT2D eigenvalue weighted by Gasteiger charge is 2.14. The summed E-state index contributed by atoms with van der Waals surface area (Å²) in [6, 6.07) is 4.88. The second kappa shape index (κ2) is 9.20. The fourth-order valence-electron chi connectivity index (χ4n) is 2.29. The third-order valence-electron chi connectivity index (χ3n) is 3.81. The molecule has 0 fully saturated rings. The predicted octanol–water partition coefficient (Wildman–Crippen LogP) is 3.83. The number of unbranched alkanes of at least 4 members (excludes halogenated alkanes) is 1. The molecule has 7 heteroatoms. The first kappa shape index (κ1) is 19.7. The van der Waals surface area contributed by atoms with E-state index in [0.717, 1.165) is 18.4 Å². The Labute approximate surface area is 157 Å². The van der Waals surface area contributed by atoms with Crippen LogP contribution in [0.15, 0.2) is 30.6 Å². The molecule has 0 bridgehead atoms. The Balaban J connectivity index is 2.17. The van der Waals surface area contributed by atoms with Crippen molar-refractivity contribution in [1.82, 2.24) is 10.3 Å². The average molecular weight is 376 g/mol. The highest BCUT2D eigenvalue weighted by molar-refractivity contribution is 6.31. The number of benzene rings is 1. The van der Waals surface area contributed by atoms with E-state index in [1.54, 1.807) is 12.1 Å².